The van der Waals surface area contributed by atoms with Crippen LogP contribution in [-0.2, 0) is 4.79 Å². The van der Waals surface area contributed by atoms with Gasteiger partial charge in [-0.3, -0.25) is 4.79 Å². The van der Waals surface area contributed by atoms with Gasteiger partial charge in [-0.2, -0.15) is 0 Å². The summed E-state index contributed by atoms with van der Waals surface area (Å²) in [4.78, 5) is 11.4. The smallest absolute Gasteiger partial charge is 0.236 e. The minimum absolute atomic E-state index is 0.0211. The van der Waals surface area contributed by atoms with Crippen molar-refractivity contribution >= 4 is 5.91 Å². The Bertz CT molecular complexity index is 161. The molecule has 0 aliphatic rings. The fourth-order valence-corrected chi connectivity index (χ4v) is 1.52. The zero-order chi connectivity index (χ0) is 11.7. The molecule has 0 aromatic rings. The van der Waals surface area contributed by atoms with Crippen molar-refractivity contribution in [1.29, 1.82) is 0 Å². The van der Waals surface area contributed by atoms with Crippen molar-refractivity contribution in [2.45, 2.75) is 71.4 Å². The molecule has 3 N–H and O–H groups in total. The maximum absolute atomic E-state index is 11.4. The Morgan fingerprint density at radius 3 is 2.00 bits per heavy atom. The summed E-state index contributed by atoms with van der Waals surface area (Å²) in [6.07, 6.45) is 6.86. The molecular weight excluding hydrogens is 188 g/mol. The molecule has 1 unspecified atom stereocenters. The lowest BCUT2D eigenvalue weighted by atomic mass is 10.0. The van der Waals surface area contributed by atoms with E-state index in [0.29, 0.717) is 6.04 Å². The molecule has 0 aromatic heterocycles. The number of rotatable bonds is 8. The monoisotopic (exact) mass is 214 g/mol. The van der Waals surface area contributed by atoms with Crippen LogP contribution in [0.2, 0.25) is 0 Å². The normalized spacial score (nSPS) is 12.9. The Balaban J connectivity index is 3.93. The third-order valence-electron chi connectivity index (χ3n) is 2.57. The lowest BCUT2D eigenvalue weighted by molar-refractivity contribution is -0.122. The SMILES string of the molecule is CCCCC(CCCC)NC(=O)C(C)N. The molecule has 0 spiro atoms. The van der Waals surface area contributed by atoms with Crippen molar-refractivity contribution in [2.24, 2.45) is 5.73 Å². The molecule has 0 aliphatic heterocycles. The molecule has 0 rings (SSSR count). The number of nitrogens with one attached hydrogen (secondary N) is 1. The minimum Gasteiger partial charge on any atom is -0.352 e. The zero-order valence-corrected chi connectivity index (χ0v) is 10.4. The van der Waals surface area contributed by atoms with Crippen LogP contribution < -0.4 is 11.1 Å². The summed E-state index contributed by atoms with van der Waals surface area (Å²) in [6, 6.07) is -0.0702. The van der Waals surface area contributed by atoms with E-state index in [1.54, 1.807) is 6.92 Å². The van der Waals surface area contributed by atoms with E-state index in [1.165, 1.54) is 25.7 Å². The first-order valence-corrected chi connectivity index (χ1v) is 6.17. The van der Waals surface area contributed by atoms with Gasteiger partial charge in [-0.05, 0) is 19.8 Å². The van der Waals surface area contributed by atoms with Gasteiger partial charge in [-0.25, -0.2) is 0 Å². The Morgan fingerprint density at radius 1 is 1.20 bits per heavy atom. The molecule has 0 fully saturated rings. The lowest BCUT2D eigenvalue weighted by Crippen LogP contribution is -2.43. The number of unbranched alkanes of at least 4 members (excludes halogenated alkanes) is 2. The topological polar surface area (TPSA) is 55.1 Å². The highest BCUT2D eigenvalue weighted by Crippen LogP contribution is 2.08. The Hall–Kier alpha value is -0.570. The molecule has 1 amide bonds. The van der Waals surface area contributed by atoms with E-state index < -0.39 is 6.04 Å². The maximum atomic E-state index is 11.4. The zero-order valence-electron chi connectivity index (χ0n) is 10.4. The molecule has 3 nitrogen and oxygen atoms in total. The van der Waals surface area contributed by atoms with Crippen LogP contribution in [0.15, 0.2) is 0 Å². The van der Waals surface area contributed by atoms with Gasteiger partial charge >= 0.3 is 0 Å². The minimum atomic E-state index is -0.393. The maximum Gasteiger partial charge on any atom is 0.236 e. The van der Waals surface area contributed by atoms with Gasteiger partial charge in [-0.1, -0.05) is 39.5 Å². The second-order valence-electron chi connectivity index (χ2n) is 4.28. The summed E-state index contributed by atoms with van der Waals surface area (Å²) < 4.78 is 0. The average Bonchev–Trinajstić information content (AvgIpc) is 2.21. The van der Waals surface area contributed by atoms with Crippen molar-refractivity contribution in [3.63, 3.8) is 0 Å². The van der Waals surface area contributed by atoms with E-state index in [-0.39, 0.29) is 5.91 Å². The third kappa shape index (κ3) is 7.37. The van der Waals surface area contributed by atoms with Gasteiger partial charge in [0.25, 0.3) is 0 Å². The second-order valence-corrected chi connectivity index (χ2v) is 4.28. The number of carbonyl (C=O) groups is 1. The molecule has 0 saturated heterocycles. The van der Waals surface area contributed by atoms with Gasteiger partial charge in [0.05, 0.1) is 6.04 Å². The largest absolute Gasteiger partial charge is 0.352 e. The van der Waals surface area contributed by atoms with Gasteiger partial charge in [0.1, 0.15) is 0 Å². The van der Waals surface area contributed by atoms with Crippen LogP contribution in [0.3, 0.4) is 0 Å². The summed E-state index contributed by atoms with van der Waals surface area (Å²) >= 11 is 0. The lowest BCUT2D eigenvalue weighted by Gasteiger charge is -2.19. The molecule has 0 bridgehead atoms. The Kier molecular flexibility index (Phi) is 8.38. The molecule has 15 heavy (non-hydrogen) atoms. The van der Waals surface area contributed by atoms with Gasteiger partial charge in [0, 0.05) is 6.04 Å². The molecule has 0 aromatic carbocycles. The van der Waals surface area contributed by atoms with E-state index in [9.17, 15) is 4.79 Å². The van der Waals surface area contributed by atoms with Gasteiger partial charge in [0.2, 0.25) is 5.91 Å². The Morgan fingerprint density at radius 2 is 1.67 bits per heavy atom. The predicted octanol–water partition coefficient (Wildman–Crippen LogP) is 2.20. The molecule has 0 heterocycles. The summed E-state index contributed by atoms with van der Waals surface area (Å²) in [6.45, 7) is 6.07. The van der Waals surface area contributed by atoms with Crippen molar-refractivity contribution in [2.75, 3.05) is 0 Å². The molecule has 0 radical (unpaired) electrons. The molecule has 90 valence electrons. The van der Waals surface area contributed by atoms with Crippen molar-refractivity contribution in [3.05, 3.63) is 0 Å². The van der Waals surface area contributed by atoms with Crippen molar-refractivity contribution in [1.82, 2.24) is 5.32 Å². The fraction of sp³-hybridized carbons (Fsp3) is 0.917. The van der Waals surface area contributed by atoms with Crippen LogP contribution in [0.25, 0.3) is 0 Å². The molecule has 1 atom stereocenters. The van der Waals surface area contributed by atoms with Crippen LogP contribution in [-0.4, -0.2) is 18.0 Å². The van der Waals surface area contributed by atoms with E-state index in [0.717, 1.165) is 12.8 Å². The second kappa shape index (κ2) is 8.72. The Labute approximate surface area is 93.8 Å². The quantitative estimate of drug-likeness (QED) is 0.651. The number of carbonyl (C=O) groups excluding carboxylic acids is 1. The summed E-state index contributed by atoms with van der Waals surface area (Å²) in [5.41, 5.74) is 5.53. The number of hydrogen-bond donors (Lipinski definition) is 2. The van der Waals surface area contributed by atoms with Gasteiger partial charge in [0.15, 0.2) is 0 Å². The van der Waals surface area contributed by atoms with Crippen LogP contribution >= 0.6 is 0 Å². The summed E-state index contributed by atoms with van der Waals surface area (Å²) in [5, 5.41) is 3.02. The molecule has 3 heteroatoms. The fourth-order valence-electron chi connectivity index (χ4n) is 1.52. The van der Waals surface area contributed by atoms with Crippen LogP contribution in [0.4, 0.5) is 0 Å². The van der Waals surface area contributed by atoms with Crippen molar-refractivity contribution < 1.29 is 4.79 Å². The van der Waals surface area contributed by atoms with E-state index in [4.69, 9.17) is 5.73 Å². The summed E-state index contributed by atoms with van der Waals surface area (Å²) in [5.74, 6) is -0.0211. The number of nitrogens with two attached hydrogens (primary N) is 1. The third-order valence-corrected chi connectivity index (χ3v) is 2.57. The summed E-state index contributed by atoms with van der Waals surface area (Å²) in [7, 11) is 0. The average molecular weight is 214 g/mol. The highest BCUT2D eigenvalue weighted by molar-refractivity contribution is 5.81. The van der Waals surface area contributed by atoms with Gasteiger partial charge in [-0.15, -0.1) is 0 Å². The number of hydrogen-bond acceptors (Lipinski definition) is 2. The van der Waals surface area contributed by atoms with E-state index in [1.807, 2.05) is 0 Å². The van der Waals surface area contributed by atoms with Gasteiger partial charge < -0.3 is 11.1 Å². The first-order valence-electron chi connectivity index (χ1n) is 6.17. The standard InChI is InChI=1S/C12H26N2O/c1-4-6-8-11(9-7-5-2)14-12(15)10(3)13/h10-11H,4-9,13H2,1-3H3,(H,14,15). The van der Waals surface area contributed by atoms with E-state index in [2.05, 4.69) is 19.2 Å². The van der Waals surface area contributed by atoms with Crippen LogP contribution in [0.1, 0.15) is 59.3 Å². The highest BCUT2D eigenvalue weighted by atomic mass is 16.2. The number of amides is 1. The van der Waals surface area contributed by atoms with Crippen LogP contribution in [0.5, 0.6) is 0 Å². The molecule has 0 aliphatic carbocycles. The molecular formula is C12H26N2O. The highest BCUT2D eigenvalue weighted by Gasteiger charge is 2.13. The van der Waals surface area contributed by atoms with Crippen molar-refractivity contribution in [3.8, 4) is 0 Å². The first kappa shape index (κ1) is 14.4. The molecule has 0 saturated carbocycles. The van der Waals surface area contributed by atoms with E-state index >= 15 is 0 Å². The first-order chi connectivity index (χ1) is 7.11. The predicted molar refractivity (Wildman–Crippen MR) is 64.6 cm³/mol. The van der Waals surface area contributed by atoms with Crippen LogP contribution in [0, 0.1) is 0 Å².